The highest BCUT2D eigenvalue weighted by Crippen LogP contribution is 2.43. The predicted molar refractivity (Wildman–Crippen MR) is 112 cm³/mol. The largest absolute Gasteiger partial charge is 0.435 e. The van der Waals surface area contributed by atoms with Crippen LogP contribution in [0.5, 0.6) is 0 Å². The lowest BCUT2D eigenvalue weighted by Gasteiger charge is -2.16. The average molecular weight is 464 g/mol. The first-order valence-electron chi connectivity index (χ1n) is 10.3. The molecule has 3 aromatic heterocycles. The molecule has 0 aliphatic heterocycles. The monoisotopic (exact) mass is 464 g/mol. The Morgan fingerprint density at radius 3 is 2.30 bits per heavy atom. The maximum atomic E-state index is 13.2. The van der Waals surface area contributed by atoms with Crippen molar-refractivity contribution in [3.63, 3.8) is 0 Å². The summed E-state index contributed by atoms with van der Waals surface area (Å²) in [7, 11) is 3.27. The zero-order valence-electron chi connectivity index (χ0n) is 18.4. The normalized spacial score (nSPS) is 14.9. The molecule has 0 radical (unpaired) electrons. The number of carbonyl (C=O) groups is 2. The molecular weight excluding hydrogens is 441 g/mol. The summed E-state index contributed by atoms with van der Waals surface area (Å²) < 4.78 is 43.6. The Balaban J connectivity index is 1.56. The summed E-state index contributed by atoms with van der Waals surface area (Å²) in [5.74, 6) is -1.19. The molecule has 1 aliphatic rings. The summed E-state index contributed by atoms with van der Waals surface area (Å²) in [4.78, 5) is 25.8. The van der Waals surface area contributed by atoms with Gasteiger partial charge < -0.3 is 10.6 Å². The molecule has 2 N–H and O–H groups in total. The summed E-state index contributed by atoms with van der Waals surface area (Å²) in [6.45, 7) is 3.25. The standard InChI is InChI=1S/C20H23F3N8O2/c1-10-13(8-24-29(10)3)26-19(33)17-14(9-25-30(17)4)27-18(32)11(2)31-15(12-5-6-12)7-16(28-31)20(21,22)23/h7-9,11-12H,5-6H2,1-4H3,(H,26,33)(H,27,32). The van der Waals surface area contributed by atoms with Gasteiger partial charge in [0.1, 0.15) is 11.7 Å². The highest BCUT2D eigenvalue weighted by atomic mass is 19.4. The minimum Gasteiger partial charge on any atom is -0.321 e. The molecule has 1 fully saturated rings. The lowest BCUT2D eigenvalue weighted by Crippen LogP contribution is -2.27. The maximum Gasteiger partial charge on any atom is 0.435 e. The van der Waals surface area contributed by atoms with Gasteiger partial charge in [0.25, 0.3) is 5.91 Å². The molecule has 3 aromatic rings. The number of hydrogen-bond acceptors (Lipinski definition) is 5. The van der Waals surface area contributed by atoms with Crippen LogP contribution >= 0.6 is 0 Å². The van der Waals surface area contributed by atoms with Gasteiger partial charge in [-0.05, 0) is 32.8 Å². The molecule has 0 aromatic carbocycles. The van der Waals surface area contributed by atoms with Crippen molar-refractivity contribution in [2.75, 3.05) is 10.6 Å². The van der Waals surface area contributed by atoms with E-state index in [0.717, 1.165) is 29.3 Å². The number of aryl methyl sites for hydroxylation is 2. The number of rotatable bonds is 6. The van der Waals surface area contributed by atoms with Crippen LogP contribution in [0.25, 0.3) is 0 Å². The van der Waals surface area contributed by atoms with Crippen LogP contribution < -0.4 is 10.6 Å². The van der Waals surface area contributed by atoms with Crippen molar-refractivity contribution in [2.24, 2.45) is 14.1 Å². The van der Waals surface area contributed by atoms with Gasteiger partial charge in [0.05, 0.1) is 29.5 Å². The zero-order valence-corrected chi connectivity index (χ0v) is 18.4. The highest BCUT2D eigenvalue weighted by Gasteiger charge is 2.39. The summed E-state index contributed by atoms with van der Waals surface area (Å²) in [6, 6.07) is -0.0333. The van der Waals surface area contributed by atoms with Crippen LogP contribution in [0.1, 0.15) is 59.3 Å². The molecule has 0 spiro atoms. The molecule has 33 heavy (non-hydrogen) atoms. The Morgan fingerprint density at radius 2 is 1.73 bits per heavy atom. The van der Waals surface area contributed by atoms with Gasteiger partial charge in [0.15, 0.2) is 5.69 Å². The molecule has 1 unspecified atom stereocenters. The summed E-state index contributed by atoms with van der Waals surface area (Å²) >= 11 is 0. The van der Waals surface area contributed by atoms with Crippen LogP contribution in [0.2, 0.25) is 0 Å². The van der Waals surface area contributed by atoms with Crippen molar-refractivity contribution in [1.29, 1.82) is 0 Å². The van der Waals surface area contributed by atoms with Crippen molar-refractivity contribution < 1.29 is 22.8 Å². The first-order valence-corrected chi connectivity index (χ1v) is 10.3. The van der Waals surface area contributed by atoms with Gasteiger partial charge in [0, 0.05) is 25.7 Å². The second kappa shape index (κ2) is 8.05. The second-order valence-electron chi connectivity index (χ2n) is 8.09. The molecule has 0 saturated heterocycles. The molecule has 0 bridgehead atoms. The van der Waals surface area contributed by atoms with Gasteiger partial charge in [-0.25, -0.2) is 0 Å². The lowest BCUT2D eigenvalue weighted by atomic mass is 10.2. The Kier molecular flexibility index (Phi) is 5.50. The van der Waals surface area contributed by atoms with Crippen molar-refractivity contribution >= 4 is 23.2 Å². The van der Waals surface area contributed by atoms with Crippen molar-refractivity contribution in [1.82, 2.24) is 29.3 Å². The third kappa shape index (κ3) is 4.34. The molecule has 176 valence electrons. The Morgan fingerprint density at radius 1 is 1.09 bits per heavy atom. The number of amides is 2. The van der Waals surface area contributed by atoms with Crippen molar-refractivity contribution in [3.05, 3.63) is 41.2 Å². The molecule has 3 heterocycles. The van der Waals surface area contributed by atoms with Gasteiger partial charge in [-0.3, -0.25) is 23.6 Å². The van der Waals surface area contributed by atoms with E-state index in [1.54, 1.807) is 25.7 Å². The maximum absolute atomic E-state index is 13.2. The molecule has 1 saturated carbocycles. The summed E-state index contributed by atoms with van der Waals surface area (Å²) in [5, 5.41) is 17.1. The van der Waals surface area contributed by atoms with E-state index < -0.39 is 29.7 Å². The van der Waals surface area contributed by atoms with Crippen LogP contribution in [-0.4, -0.2) is 41.2 Å². The van der Waals surface area contributed by atoms with Crippen LogP contribution in [-0.2, 0) is 25.1 Å². The highest BCUT2D eigenvalue weighted by molar-refractivity contribution is 6.09. The fourth-order valence-electron chi connectivity index (χ4n) is 3.49. The third-order valence-corrected chi connectivity index (χ3v) is 5.69. The van der Waals surface area contributed by atoms with Crippen LogP contribution in [0.15, 0.2) is 18.5 Å². The fourth-order valence-corrected chi connectivity index (χ4v) is 3.49. The number of aromatic nitrogens is 6. The van der Waals surface area contributed by atoms with E-state index in [1.165, 1.54) is 24.0 Å². The molecule has 1 atom stereocenters. The molecule has 13 heteroatoms. The molecular formula is C20H23F3N8O2. The van der Waals surface area contributed by atoms with Crippen molar-refractivity contribution in [2.45, 2.75) is 44.8 Å². The molecule has 1 aliphatic carbocycles. The van der Waals surface area contributed by atoms with Gasteiger partial charge in [-0.1, -0.05) is 0 Å². The van der Waals surface area contributed by atoms with Gasteiger partial charge in [-0.2, -0.15) is 28.5 Å². The number of hydrogen-bond donors (Lipinski definition) is 2. The Bertz CT molecular complexity index is 1220. The quantitative estimate of drug-likeness (QED) is 0.583. The van der Waals surface area contributed by atoms with E-state index in [2.05, 4.69) is 25.9 Å². The van der Waals surface area contributed by atoms with E-state index in [0.29, 0.717) is 11.4 Å². The molecule has 10 nitrogen and oxygen atoms in total. The number of carbonyl (C=O) groups excluding carboxylic acids is 2. The SMILES string of the molecule is Cc1c(NC(=O)c2c(NC(=O)C(C)n3nc(C(F)(F)F)cc3C3CC3)cnn2C)cnn1C. The molecule has 4 rings (SSSR count). The lowest BCUT2D eigenvalue weighted by molar-refractivity contribution is -0.141. The minimum atomic E-state index is -4.61. The Labute approximate surface area is 186 Å². The minimum absolute atomic E-state index is 0.0497. The number of anilines is 2. The van der Waals surface area contributed by atoms with E-state index in [9.17, 15) is 22.8 Å². The van der Waals surface area contributed by atoms with E-state index in [1.807, 2.05) is 0 Å². The van der Waals surface area contributed by atoms with Gasteiger partial charge in [-0.15, -0.1) is 0 Å². The van der Waals surface area contributed by atoms with E-state index in [4.69, 9.17) is 0 Å². The number of alkyl halides is 3. The van der Waals surface area contributed by atoms with Crippen molar-refractivity contribution in [3.8, 4) is 0 Å². The zero-order chi connectivity index (χ0) is 24.1. The van der Waals surface area contributed by atoms with E-state index in [-0.39, 0.29) is 17.3 Å². The summed E-state index contributed by atoms with van der Waals surface area (Å²) in [5.41, 5.74) is 0.789. The first-order chi connectivity index (χ1) is 15.5. The van der Waals surface area contributed by atoms with Crippen LogP contribution in [0, 0.1) is 6.92 Å². The predicted octanol–water partition coefficient (Wildman–Crippen LogP) is 3.01. The van der Waals surface area contributed by atoms with E-state index >= 15 is 0 Å². The Hall–Kier alpha value is -3.64. The average Bonchev–Trinajstić information content (AvgIpc) is 3.26. The van der Waals surface area contributed by atoms with Crippen LogP contribution in [0.4, 0.5) is 24.5 Å². The topological polar surface area (TPSA) is 112 Å². The summed E-state index contributed by atoms with van der Waals surface area (Å²) in [6.07, 6.45) is -0.304. The number of halogens is 3. The fraction of sp³-hybridized carbons (Fsp3) is 0.450. The number of nitrogens with one attached hydrogen (secondary N) is 2. The van der Waals surface area contributed by atoms with Crippen LogP contribution in [0.3, 0.4) is 0 Å². The second-order valence-corrected chi connectivity index (χ2v) is 8.09. The smallest absolute Gasteiger partial charge is 0.321 e. The van der Waals surface area contributed by atoms with Gasteiger partial charge >= 0.3 is 6.18 Å². The molecule has 2 amide bonds. The first kappa shape index (κ1) is 22.6. The number of nitrogens with zero attached hydrogens (tertiary/aromatic N) is 6. The third-order valence-electron chi connectivity index (χ3n) is 5.69. The van der Waals surface area contributed by atoms with Gasteiger partial charge in [0.2, 0.25) is 5.91 Å².